The van der Waals surface area contributed by atoms with Crippen LogP contribution in [-0.2, 0) is 4.79 Å². The average molecular weight is 275 g/mol. The Morgan fingerprint density at radius 3 is 2.80 bits per heavy atom. The van der Waals surface area contributed by atoms with E-state index in [4.69, 9.17) is 5.73 Å². The molecule has 0 radical (unpaired) electrons. The Morgan fingerprint density at radius 2 is 2.15 bits per heavy atom. The summed E-state index contributed by atoms with van der Waals surface area (Å²) in [6.07, 6.45) is 2.83. The van der Waals surface area contributed by atoms with Crippen LogP contribution < -0.4 is 16.0 Å². The molecular formula is C16H25N3O. The SMILES string of the molecule is Cc1cccc(N(CCC(N)=O)CC2CCNCC2)c1. The van der Waals surface area contributed by atoms with E-state index in [1.807, 2.05) is 0 Å². The molecule has 0 spiro atoms. The number of nitrogens with two attached hydrogens (primary N) is 1. The molecule has 1 aromatic carbocycles. The smallest absolute Gasteiger partial charge is 0.219 e. The summed E-state index contributed by atoms with van der Waals surface area (Å²) in [5, 5.41) is 3.39. The molecule has 1 aliphatic heterocycles. The number of nitrogens with zero attached hydrogens (tertiary/aromatic N) is 1. The van der Waals surface area contributed by atoms with Crippen molar-refractivity contribution in [2.75, 3.05) is 31.1 Å². The van der Waals surface area contributed by atoms with Crippen molar-refractivity contribution in [2.24, 2.45) is 11.7 Å². The number of rotatable bonds is 6. The minimum atomic E-state index is -0.229. The summed E-state index contributed by atoms with van der Waals surface area (Å²) in [6.45, 7) is 6.02. The van der Waals surface area contributed by atoms with Gasteiger partial charge >= 0.3 is 0 Å². The number of hydrogen-bond donors (Lipinski definition) is 2. The third kappa shape index (κ3) is 4.53. The molecule has 0 bridgehead atoms. The first kappa shape index (κ1) is 14.9. The monoisotopic (exact) mass is 275 g/mol. The molecule has 1 heterocycles. The number of nitrogens with one attached hydrogen (secondary N) is 1. The Kier molecular flexibility index (Phi) is 5.41. The second kappa shape index (κ2) is 7.29. The molecule has 20 heavy (non-hydrogen) atoms. The van der Waals surface area contributed by atoms with Crippen LogP contribution in [0.5, 0.6) is 0 Å². The molecule has 0 aromatic heterocycles. The maximum absolute atomic E-state index is 11.1. The Morgan fingerprint density at radius 1 is 1.40 bits per heavy atom. The fraction of sp³-hybridized carbons (Fsp3) is 0.562. The molecule has 0 aliphatic carbocycles. The van der Waals surface area contributed by atoms with Gasteiger partial charge in [-0.2, -0.15) is 0 Å². The van der Waals surface area contributed by atoms with Gasteiger partial charge in [-0.25, -0.2) is 0 Å². The summed E-state index contributed by atoms with van der Waals surface area (Å²) in [5.74, 6) is 0.470. The highest BCUT2D eigenvalue weighted by molar-refractivity contribution is 5.74. The van der Waals surface area contributed by atoms with Crippen LogP contribution in [0.3, 0.4) is 0 Å². The van der Waals surface area contributed by atoms with Crippen LogP contribution in [0.15, 0.2) is 24.3 Å². The number of benzene rings is 1. The third-order valence-electron chi connectivity index (χ3n) is 3.93. The Balaban J connectivity index is 2.04. The topological polar surface area (TPSA) is 58.4 Å². The van der Waals surface area contributed by atoms with Crippen LogP contribution >= 0.6 is 0 Å². The van der Waals surface area contributed by atoms with Crippen LogP contribution in [0.4, 0.5) is 5.69 Å². The zero-order valence-corrected chi connectivity index (χ0v) is 12.3. The summed E-state index contributed by atoms with van der Waals surface area (Å²) in [7, 11) is 0. The summed E-state index contributed by atoms with van der Waals surface area (Å²) < 4.78 is 0. The summed E-state index contributed by atoms with van der Waals surface area (Å²) >= 11 is 0. The van der Waals surface area contributed by atoms with Gasteiger partial charge in [0.2, 0.25) is 5.91 Å². The molecule has 1 aromatic rings. The molecule has 110 valence electrons. The maximum Gasteiger partial charge on any atom is 0.219 e. The zero-order chi connectivity index (χ0) is 14.4. The van der Waals surface area contributed by atoms with Gasteiger partial charge in [-0.05, 0) is 56.5 Å². The summed E-state index contributed by atoms with van der Waals surface area (Å²) in [5.41, 5.74) is 7.75. The summed E-state index contributed by atoms with van der Waals surface area (Å²) in [4.78, 5) is 13.4. The van der Waals surface area contributed by atoms with Crippen molar-refractivity contribution in [3.63, 3.8) is 0 Å². The first-order valence-corrected chi connectivity index (χ1v) is 7.46. The third-order valence-corrected chi connectivity index (χ3v) is 3.93. The van der Waals surface area contributed by atoms with E-state index in [2.05, 4.69) is 41.4 Å². The van der Waals surface area contributed by atoms with Crippen molar-refractivity contribution in [3.05, 3.63) is 29.8 Å². The lowest BCUT2D eigenvalue weighted by Gasteiger charge is -2.31. The zero-order valence-electron chi connectivity index (χ0n) is 12.3. The van der Waals surface area contributed by atoms with Gasteiger partial charge in [0.1, 0.15) is 0 Å². The van der Waals surface area contributed by atoms with E-state index < -0.39 is 0 Å². The van der Waals surface area contributed by atoms with Crippen molar-refractivity contribution in [2.45, 2.75) is 26.2 Å². The van der Waals surface area contributed by atoms with Gasteiger partial charge in [0.25, 0.3) is 0 Å². The van der Waals surface area contributed by atoms with Crippen molar-refractivity contribution in [1.29, 1.82) is 0 Å². The molecule has 1 saturated heterocycles. The normalized spacial score (nSPS) is 16.1. The standard InChI is InChI=1S/C16H25N3O/c1-13-3-2-4-15(11-13)19(10-7-16(17)20)12-14-5-8-18-9-6-14/h2-4,11,14,18H,5-10,12H2,1H3,(H2,17,20). The minimum Gasteiger partial charge on any atom is -0.371 e. The van der Waals surface area contributed by atoms with Gasteiger partial charge in [0, 0.05) is 25.2 Å². The van der Waals surface area contributed by atoms with Crippen LogP contribution in [0, 0.1) is 12.8 Å². The molecule has 0 atom stereocenters. The average Bonchev–Trinajstić information content (AvgIpc) is 2.44. The Labute approximate surface area is 121 Å². The van der Waals surface area contributed by atoms with E-state index >= 15 is 0 Å². The molecule has 0 saturated carbocycles. The molecule has 3 N–H and O–H groups in total. The first-order chi connectivity index (χ1) is 9.65. The number of hydrogen-bond acceptors (Lipinski definition) is 3. The summed E-state index contributed by atoms with van der Waals surface area (Å²) in [6, 6.07) is 8.47. The van der Waals surface area contributed by atoms with Crippen molar-refractivity contribution >= 4 is 11.6 Å². The van der Waals surface area contributed by atoms with Crippen LogP contribution in [0.1, 0.15) is 24.8 Å². The van der Waals surface area contributed by atoms with Gasteiger partial charge in [-0.15, -0.1) is 0 Å². The predicted octanol–water partition coefficient (Wildman–Crippen LogP) is 1.68. The van der Waals surface area contributed by atoms with Gasteiger partial charge < -0.3 is 16.0 Å². The van der Waals surface area contributed by atoms with Gasteiger partial charge in [-0.1, -0.05) is 12.1 Å². The molecule has 2 rings (SSSR count). The lowest BCUT2D eigenvalue weighted by atomic mass is 9.97. The highest BCUT2D eigenvalue weighted by Crippen LogP contribution is 2.21. The second-order valence-corrected chi connectivity index (χ2v) is 5.69. The number of carbonyl (C=O) groups is 1. The lowest BCUT2D eigenvalue weighted by molar-refractivity contribution is -0.117. The second-order valence-electron chi connectivity index (χ2n) is 5.69. The van der Waals surface area contributed by atoms with E-state index in [1.54, 1.807) is 0 Å². The van der Waals surface area contributed by atoms with Crippen molar-refractivity contribution in [1.82, 2.24) is 5.32 Å². The predicted molar refractivity (Wildman–Crippen MR) is 82.8 cm³/mol. The number of amides is 1. The van der Waals surface area contributed by atoms with Gasteiger partial charge in [-0.3, -0.25) is 4.79 Å². The number of carbonyl (C=O) groups excluding carboxylic acids is 1. The van der Waals surface area contributed by atoms with Crippen molar-refractivity contribution in [3.8, 4) is 0 Å². The van der Waals surface area contributed by atoms with E-state index in [-0.39, 0.29) is 5.91 Å². The lowest BCUT2D eigenvalue weighted by Crippen LogP contribution is -2.37. The van der Waals surface area contributed by atoms with Gasteiger partial charge in [0.15, 0.2) is 0 Å². The highest BCUT2D eigenvalue weighted by Gasteiger charge is 2.17. The molecule has 4 nitrogen and oxygen atoms in total. The largest absolute Gasteiger partial charge is 0.371 e. The van der Waals surface area contributed by atoms with Crippen molar-refractivity contribution < 1.29 is 4.79 Å². The van der Waals surface area contributed by atoms with Crippen LogP contribution in [-0.4, -0.2) is 32.1 Å². The van der Waals surface area contributed by atoms with E-state index in [9.17, 15) is 4.79 Å². The Hall–Kier alpha value is -1.55. The van der Waals surface area contributed by atoms with E-state index in [0.29, 0.717) is 18.9 Å². The molecule has 1 fully saturated rings. The van der Waals surface area contributed by atoms with E-state index in [1.165, 1.54) is 24.1 Å². The number of aryl methyl sites for hydroxylation is 1. The number of primary amides is 1. The number of piperidine rings is 1. The fourth-order valence-electron chi connectivity index (χ4n) is 2.77. The fourth-order valence-corrected chi connectivity index (χ4v) is 2.77. The molecule has 1 amide bonds. The molecule has 4 heteroatoms. The quantitative estimate of drug-likeness (QED) is 0.830. The molecular weight excluding hydrogens is 250 g/mol. The van der Waals surface area contributed by atoms with E-state index in [0.717, 1.165) is 19.6 Å². The van der Waals surface area contributed by atoms with Gasteiger partial charge in [0.05, 0.1) is 0 Å². The first-order valence-electron chi connectivity index (χ1n) is 7.46. The number of anilines is 1. The highest BCUT2D eigenvalue weighted by atomic mass is 16.1. The maximum atomic E-state index is 11.1. The Bertz CT molecular complexity index is 441. The van der Waals surface area contributed by atoms with Crippen LogP contribution in [0.25, 0.3) is 0 Å². The molecule has 0 unspecified atom stereocenters. The molecule has 1 aliphatic rings. The van der Waals surface area contributed by atoms with Crippen LogP contribution in [0.2, 0.25) is 0 Å². The minimum absolute atomic E-state index is 0.229.